The summed E-state index contributed by atoms with van der Waals surface area (Å²) in [6.07, 6.45) is 0. The average molecular weight is 358 g/mol. The molecular weight excluding hydrogens is 345 g/mol. The molecule has 0 saturated carbocycles. The fourth-order valence-corrected chi connectivity index (χ4v) is 3.22. The van der Waals surface area contributed by atoms with E-state index in [1.807, 2.05) is 48.5 Å². The highest BCUT2D eigenvalue weighted by Crippen LogP contribution is 2.39. The van der Waals surface area contributed by atoms with Crippen LogP contribution < -0.4 is 0 Å². The van der Waals surface area contributed by atoms with Crippen molar-refractivity contribution in [3.8, 4) is 0 Å². The van der Waals surface area contributed by atoms with Crippen LogP contribution in [0.25, 0.3) is 0 Å². The number of nitrogens with zero attached hydrogens (tertiary/aromatic N) is 1. The molecular formula is C19H13Cl2NO2. The van der Waals surface area contributed by atoms with Gasteiger partial charge in [0, 0.05) is 28.1 Å². The van der Waals surface area contributed by atoms with E-state index in [1.54, 1.807) is 12.1 Å². The Morgan fingerprint density at radius 1 is 0.750 bits per heavy atom. The van der Waals surface area contributed by atoms with Crippen molar-refractivity contribution in [2.75, 3.05) is 0 Å². The highest BCUT2D eigenvalue weighted by Gasteiger charge is 2.22. The van der Waals surface area contributed by atoms with E-state index in [1.165, 1.54) is 12.1 Å². The fourth-order valence-electron chi connectivity index (χ4n) is 2.73. The topological polar surface area (TPSA) is 43.1 Å². The van der Waals surface area contributed by atoms with E-state index in [2.05, 4.69) is 0 Å². The van der Waals surface area contributed by atoms with Crippen LogP contribution in [0, 0.1) is 10.1 Å². The number of non-ortho nitro benzene ring substituents is 1. The van der Waals surface area contributed by atoms with Gasteiger partial charge < -0.3 is 0 Å². The van der Waals surface area contributed by atoms with Crippen LogP contribution in [-0.4, -0.2) is 4.92 Å². The SMILES string of the molecule is O=[N+]([O-])c1ccc(C(c2ccccc2Cl)c2ccccc2Cl)cc1. The average Bonchev–Trinajstić information content (AvgIpc) is 2.59. The largest absolute Gasteiger partial charge is 0.269 e. The number of halogens is 2. The molecule has 0 unspecified atom stereocenters. The number of nitro groups is 1. The first-order chi connectivity index (χ1) is 11.6. The molecule has 3 aromatic carbocycles. The minimum atomic E-state index is -0.413. The molecule has 0 bridgehead atoms. The summed E-state index contributed by atoms with van der Waals surface area (Å²) in [4.78, 5) is 10.5. The van der Waals surface area contributed by atoms with Gasteiger partial charge in [0.15, 0.2) is 0 Å². The van der Waals surface area contributed by atoms with Crippen LogP contribution in [0.2, 0.25) is 10.0 Å². The Bertz CT molecular complexity index is 833. The van der Waals surface area contributed by atoms with Gasteiger partial charge in [0.25, 0.3) is 5.69 Å². The maximum Gasteiger partial charge on any atom is 0.269 e. The van der Waals surface area contributed by atoms with Gasteiger partial charge in [0.2, 0.25) is 0 Å². The maximum atomic E-state index is 10.9. The summed E-state index contributed by atoms with van der Waals surface area (Å²) < 4.78 is 0. The first-order valence-electron chi connectivity index (χ1n) is 7.31. The van der Waals surface area contributed by atoms with Crippen molar-refractivity contribution < 1.29 is 4.92 Å². The van der Waals surface area contributed by atoms with Gasteiger partial charge in [0.1, 0.15) is 0 Å². The van der Waals surface area contributed by atoms with Crippen LogP contribution in [0.5, 0.6) is 0 Å². The maximum absolute atomic E-state index is 10.9. The van der Waals surface area contributed by atoms with Crippen LogP contribution in [0.15, 0.2) is 72.8 Å². The second-order valence-corrected chi connectivity index (χ2v) is 6.14. The first kappa shape index (κ1) is 16.5. The van der Waals surface area contributed by atoms with Crippen molar-refractivity contribution in [2.45, 2.75) is 5.92 Å². The minimum absolute atomic E-state index is 0.0517. The molecule has 0 aliphatic rings. The molecule has 120 valence electrons. The van der Waals surface area contributed by atoms with E-state index in [-0.39, 0.29) is 11.6 Å². The normalized spacial score (nSPS) is 10.8. The monoisotopic (exact) mass is 357 g/mol. The molecule has 0 saturated heterocycles. The van der Waals surface area contributed by atoms with E-state index in [0.29, 0.717) is 10.0 Å². The third-order valence-corrected chi connectivity index (χ3v) is 4.56. The van der Waals surface area contributed by atoms with Gasteiger partial charge in [-0.1, -0.05) is 71.7 Å². The van der Waals surface area contributed by atoms with Gasteiger partial charge in [-0.05, 0) is 28.8 Å². The number of nitro benzene ring substituents is 1. The zero-order valence-corrected chi connectivity index (χ0v) is 14.0. The van der Waals surface area contributed by atoms with E-state index in [4.69, 9.17) is 23.2 Å². The van der Waals surface area contributed by atoms with Crippen molar-refractivity contribution >= 4 is 28.9 Å². The Labute approximate surface area is 149 Å². The van der Waals surface area contributed by atoms with Crippen LogP contribution >= 0.6 is 23.2 Å². The third kappa shape index (κ3) is 3.28. The molecule has 0 fully saturated rings. The summed E-state index contributed by atoms with van der Waals surface area (Å²) in [5.41, 5.74) is 2.75. The van der Waals surface area contributed by atoms with E-state index < -0.39 is 4.92 Å². The molecule has 0 aliphatic carbocycles. The van der Waals surface area contributed by atoms with Crippen molar-refractivity contribution in [3.63, 3.8) is 0 Å². The summed E-state index contributed by atoms with van der Waals surface area (Å²) in [6, 6.07) is 21.6. The Hall–Kier alpha value is -2.36. The van der Waals surface area contributed by atoms with Crippen LogP contribution in [0.3, 0.4) is 0 Å². The molecule has 0 heterocycles. The lowest BCUT2D eigenvalue weighted by molar-refractivity contribution is -0.384. The molecule has 0 spiro atoms. The number of hydrogen-bond donors (Lipinski definition) is 0. The third-order valence-electron chi connectivity index (χ3n) is 3.87. The van der Waals surface area contributed by atoms with Gasteiger partial charge in [0.05, 0.1) is 4.92 Å². The molecule has 0 radical (unpaired) electrons. The molecule has 0 aromatic heterocycles. The van der Waals surface area contributed by atoms with Crippen LogP contribution in [0.1, 0.15) is 22.6 Å². The number of benzene rings is 3. The molecule has 0 aliphatic heterocycles. The molecule has 3 aromatic rings. The van der Waals surface area contributed by atoms with Gasteiger partial charge in [-0.3, -0.25) is 10.1 Å². The number of rotatable bonds is 4. The summed E-state index contributed by atoms with van der Waals surface area (Å²) in [5.74, 6) is -0.201. The van der Waals surface area contributed by atoms with Crippen molar-refractivity contribution in [1.29, 1.82) is 0 Å². The molecule has 0 amide bonds. The first-order valence-corrected chi connectivity index (χ1v) is 8.06. The van der Waals surface area contributed by atoms with Gasteiger partial charge in [-0.2, -0.15) is 0 Å². The zero-order valence-electron chi connectivity index (χ0n) is 12.5. The lowest BCUT2D eigenvalue weighted by Crippen LogP contribution is -2.05. The van der Waals surface area contributed by atoms with Gasteiger partial charge in [-0.25, -0.2) is 0 Å². The molecule has 0 N–H and O–H groups in total. The Morgan fingerprint density at radius 2 is 1.21 bits per heavy atom. The Kier molecular flexibility index (Phi) is 4.84. The Morgan fingerprint density at radius 3 is 1.62 bits per heavy atom. The van der Waals surface area contributed by atoms with E-state index >= 15 is 0 Å². The lowest BCUT2D eigenvalue weighted by atomic mass is 9.85. The molecule has 3 nitrogen and oxygen atoms in total. The van der Waals surface area contributed by atoms with E-state index in [0.717, 1.165) is 16.7 Å². The highest BCUT2D eigenvalue weighted by atomic mass is 35.5. The molecule has 3 rings (SSSR count). The lowest BCUT2D eigenvalue weighted by Gasteiger charge is -2.21. The number of hydrogen-bond acceptors (Lipinski definition) is 2. The molecule has 0 atom stereocenters. The predicted molar refractivity (Wildman–Crippen MR) is 96.9 cm³/mol. The summed E-state index contributed by atoms with van der Waals surface area (Å²) in [6.45, 7) is 0. The second kappa shape index (κ2) is 7.04. The Balaban J connectivity index is 2.17. The summed E-state index contributed by atoms with van der Waals surface area (Å²) >= 11 is 12.8. The van der Waals surface area contributed by atoms with Crippen LogP contribution in [-0.2, 0) is 0 Å². The van der Waals surface area contributed by atoms with Crippen molar-refractivity contribution in [3.05, 3.63) is 110 Å². The van der Waals surface area contributed by atoms with Crippen molar-refractivity contribution in [2.24, 2.45) is 0 Å². The summed E-state index contributed by atoms with van der Waals surface area (Å²) in [7, 11) is 0. The second-order valence-electron chi connectivity index (χ2n) is 5.32. The smallest absolute Gasteiger partial charge is 0.258 e. The fraction of sp³-hybridized carbons (Fsp3) is 0.0526. The summed E-state index contributed by atoms with van der Waals surface area (Å²) in [5, 5.41) is 12.1. The van der Waals surface area contributed by atoms with E-state index in [9.17, 15) is 10.1 Å². The standard InChI is InChI=1S/C19H13Cl2NO2/c20-17-7-3-1-5-15(17)19(16-6-2-4-8-18(16)21)13-9-11-14(12-10-13)22(23)24/h1-12,19H. The molecule has 24 heavy (non-hydrogen) atoms. The van der Waals surface area contributed by atoms with Gasteiger partial charge >= 0.3 is 0 Å². The van der Waals surface area contributed by atoms with Crippen LogP contribution in [0.4, 0.5) is 5.69 Å². The highest BCUT2D eigenvalue weighted by molar-refractivity contribution is 6.32. The predicted octanol–water partition coefficient (Wildman–Crippen LogP) is 6.08. The van der Waals surface area contributed by atoms with Gasteiger partial charge in [-0.15, -0.1) is 0 Å². The molecule has 5 heteroatoms. The quantitative estimate of drug-likeness (QED) is 0.322. The zero-order chi connectivity index (χ0) is 17.1. The minimum Gasteiger partial charge on any atom is -0.258 e. The van der Waals surface area contributed by atoms with Crippen molar-refractivity contribution in [1.82, 2.24) is 0 Å².